The highest BCUT2D eigenvalue weighted by molar-refractivity contribution is 7.10. The molecule has 67 heavy (non-hydrogen) atoms. The first-order valence-corrected chi connectivity index (χ1v) is 28.9. The van der Waals surface area contributed by atoms with Crippen LogP contribution >= 0.6 is 34.3 Å². The number of nitrogens with one attached hydrogen (secondary N) is 1. The molecular weight excluding hydrogens is 880 g/mol. The summed E-state index contributed by atoms with van der Waals surface area (Å²) in [6.07, 6.45) is 15.3. The van der Waals surface area contributed by atoms with E-state index in [9.17, 15) is 0 Å². The topological polar surface area (TPSA) is 47.5 Å². The van der Waals surface area contributed by atoms with E-state index in [1.54, 1.807) is 0 Å². The van der Waals surface area contributed by atoms with E-state index >= 15 is 0 Å². The number of likely N-dealkylation sites (tertiary alicyclic amines) is 3. The summed E-state index contributed by atoms with van der Waals surface area (Å²) in [5, 5.41) is 11.1. The molecule has 2 aromatic heterocycles. The Kier molecular flexibility index (Phi) is 16.6. The molecule has 9 heteroatoms. The van der Waals surface area contributed by atoms with Crippen LogP contribution in [-0.4, -0.2) is 102 Å². The maximum absolute atomic E-state index is 5.95. The monoisotopic (exact) mass is 967 g/mol. The maximum Gasteiger partial charge on any atom is 0.0964 e. The molecule has 10 rings (SSSR count). The van der Waals surface area contributed by atoms with Crippen LogP contribution in [0, 0.1) is 0 Å². The maximum atomic E-state index is 5.95. The first-order chi connectivity index (χ1) is 32.0. The van der Waals surface area contributed by atoms with Crippen molar-refractivity contribution in [1.82, 2.24) is 30.0 Å². The summed E-state index contributed by atoms with van der Waals surface area (Å²) >= 11 is 9.69. The molecule has 2 aromatic carbocycles. The van der Waals surface area contributed by atoms with Crippen molar-refractivity contribution in [3.05, 3.63) is 79.4 Å². The Labute approximate surface area is 420 Å². The van der Waals surface area contributed by atoms with Crippen LogP contribution in [0.15, 0.2) is 47.2 Å². The lowest BCUT2D eigenvalue weighted by Crippen LogP contribution is -2.50. The van der Waals surface area contributed by atoms with Gasteiger partial charge >= 0.3 is 0 Å². The van der Waals surface area contributed by atoms with Gasteiger partial charge in [-0.25, -0.2) is 9.97 Å². The Morgan fingerprint density at radius 2 is 1.01 bits per heavy atom. The summed E-state index contributed by atoms with van der Waals surface area (Å²) in [5.74, 6) is 1.28. The number of thiazole rings is 2. The Bertz CT molecular complexity index is 2220. The number of halogens is 1. The number of alkyl halides is 1. The molecule has 1 N–H and O–H groups in total. The minimum absolute atomic E-state index is 0.249. The lowest BCUT2D eigenvalue weighted by atomic mass is 9.63. The summed E-state index contributed by atoms with van der Waals surface area (Å²) in [5.41, 5.74) is 12.1. The van der Waals surface area contributed by atoms with E-state index in [0.29, 0.717) is 17.2 Å². The summed E-state index contributed by atoms with van der Waals surface area (Å²) in [4.78, 5) is 18.0. The largest absolute Gasteiger partial charge is 0.317 e. The van der Waals surface area contributed by atoms with Gasteiger partial charge in [-0.1, -0.05) is 93.5 Å². The standard InChI is InChI=1S/C29H43N3S.C22H30N2S.C7H14ClN/c1-6-31-15-7-8-23(19-31)32-16-11-21(12-17-32)27-30-26(20-33-27)22-9-10-24-25(18-22)29(4,5)14-13-28(24,2)3;1-21(2)9-10-22(3,4)18-13-16(5-6-17(18)21)19-14-25-20(24-19)15-7-11-23-12-8-15;1-2-9-5-3-4-7(8)6-9/h9-10,18,20-21,23H,6-8,11-17,19H2,1-5H3;5-6,13-15,23H,7-12H2,1-4H3;7H,2-6H2,1H3. The van der Waals surface area contributed by atoms with Gasteiger partial charge in [-0.2, -0.15) is 0 Å². The molecule has 2 unspecified atom stereocenters. The van der Waals surface area contributed by atoms with Gasteiger partial charge in [0.05, 0.1) is 21.4 Å². The molecule has 6 heterocycles. The zero-order valence-electron chi connectivity index (χ0n) is 43.4. The zero-order chi connectivity index (χ0) is 47.6. The lowest BCUT2D eigenvalue weighted by molar-refractivity contribution is 0.0803. The van der Waals surface area contributed by atoms with Crippen LogP contribution in [0.3, 0.4) is 0 Å². The third kappa shape index (κ3) is 12.1. The van der Waals surface area contributed by atoms with Gasteiger partial charge in [0.25, 0.3) is 0 Å². The molecule has 0 radical (unpaired) electrons. The van der Waals surface area contributed by atoms with Crippen molar-refractivity contribution in [2.45, 2.75) is 191 Å². The van der Waals surface area contributed by atoms with Gasteiger partial charge in [-0.05, 0) is 185 Å². The molecule has 2 atom stereocenters. The van der Waals surface area contributed by atoms with E-state index < -0.39 is 0 Å². The number of fused-ring (bicyclic) bond motifs is 2. The Balaban J connectivity index is 0.000000157. The van der Waals surface area contributed by atoms with E-state index in [1.165, 1.54) is 171 Å². The number of rotatable bonds is 7. The highest BCUT2D eigenvalue weighted by Gasteiger charge is 2.39. The fourth-order valence-corrected chi connectivity index (χ4v) is 14.5. The number of hydrogen-bond donors (Lipinski definition) is 1. The zero-order valence-corrected chi connectivity index (χ0v) is 45.8. The van der Waals surface area contributed by atoms with Crippen molar-refractivity contribution in [1.29, 1.82) is 0 Å². The van der Waals surface area contributed by atoms with E-state index in [1.807, 2.05) is 22.7 Å². The Morgan fingerprint density at radius 1 is 0.567 bits per heavy atom. The molecule has 0 spiro atoms. The molecular formula is C58H87ClN6S2. The molecule has 6 nitrogen and oxygen atoms in total. The van der Waals surface area contributed by atoms with E-state index in [0.717, 1.165) is 32.2 Å². The first-order valence-electron chi connectivity index (χ1n) is 26.7. The molecule has 0 bridgehead atoms. The summed E-state index contributed by atoms with van der Waals surface area (Å²) in [6, 6.07) is 15.0. The summed E-state index contributed by atoms with van der Waals surface area (Å²) in [6.45, 7) is 35.7. The van der Waals surface area contributed by atoms with Crippen molar-refractivity contribution in [3.8, 4) is 22.5 Å². The third-order valence-corrected chi connectivity index (χ3v) is 19.6. The van der Waals surface area contributed by atoms with Gasteiger partial charge in [0.1, 0.15) is 0 Å². The summed E-state index contributed by atoms with van der Waals surface area (Å²) in [7, 11) is 0. The number of likely N-dealkylation sites (N-methyl/N-ethyl adjacent to an activating group) is 1. The minimum atomic E-state index is 0.249. The smallest absolute Gasteiger partial charge is 0.0964 e. The van der Waals surface area contributed by atoms with E-state index in [2.05, 4.69) is 136 Å². The second-order valence-electron chi connectivity index (χ2n) is 23.9. The molecule has 4 aromatic rings. The molecule has 2 aliphatic carbocycles. The SMILES string of the molecule is CC1(C)CCC(C)(C)c2cc(-c3csc(C4CCNCC4)n3)ccc21.CCN1CCCC(Cl)C1.CCN1CCCC(N2CCC(c3nc(-c4ccc5c(c4)C(C)(C)CCC5(C)C)cs3)CC2)C1. The fourth-order valence-electron chi connectivity index (χ4n) is 12.2. The number of benzene rings is 2. The molecule has 368 valence electrons. The van der Waals surface area contributed by atoms with Crippen LogP contribution in [0.1, 0.15) is 190 Å². The van der Waals surface area contributed by atoms with Crippen LogP contribution in [0.25, 0.3) is 22.5 Å². The first kappa shape index (κ1) is 51.2. The third-order valence-electron chi connectivity index (χ3n) is 17.2. The molecule has 4 saturated heterocycles. The van der Waals surface area contributed by atoms with Gasteiger partial charge in [0.2, 0.25) is 0 Å². The van der Waals surface area contributed by atoms with E-state index in [4.69, 9.17) is 21.6 Å². The van der Waals surface area contributed by atoms with Crippen LogP contribution < -0.4 is 5.32 Å². The molecule has 0 amide bonds. The number of aromatic nitrogens is 2. The summed E-state index contributed by atoms with van der Waals surface area (Å²) < 4.78 is 0. The Hall–Kier alpha value is -2.17. The highest BCUT2D eigenvalue weighted by Crippen LogP contribution is 2.48. The van der Waals surface area contributed by atoms with Crippen molar-refractivity contribution in [2.24, 2.45) is 0 Å². The number of hydrogen-bond acceptors (Lipinski definition) is 8. The molecule has 4 fully saturated rings. The highest BCUT2D eigenvalue weighted by atomic mass is 35.5. The van der Waals surface area contributed by atoms with E-state index in [-0.39, 0.29) is 21.7 Å². The van der Waals surface area contributed by atoms with Crippen LogP contribution in [0.5, 0.6) is 0 Å². The molecule has 4 aliphatic heterocycles. The predicted octanol–water partition coefficient (Wildman–Crippen LogP) is 14.2. The van der Waals surface area contributed by atoms with Gasteiger partial charge in [0, 0.05) is 58.2 Å². The van der Waals surface area contributed by atoms with Crippen molar-refractivity contribution in [3.63, 3.8) is 0 Å². The van der Waals surface area contributed by atoms with Gasteiger partial charge in [-0.15, -0.1) is 34.3 Å². The predicted molar refractivity (Wildman–Crippen MR) is 290 cm³/mol. The van der Waals surface area contributed by atoms with Gasteiger partial charge in [-0.3, -0.25) is 4.90 Å². The van der Waals surface area contributed by atoms with Crippen molar-refractivity contribution >= 4 is 34.3 Å². The average molecular weight is 968 g/mol. The second kappa shape index (κ2) is 21.7. The van der Waals surface area contributed by atoms with Crippen LogP contribution in [0.2, 0.25) is 0 Å². The van der Waals surface area contributed by atoms with Gasteiger partial charge < -0.3 is 15.1 Å². The number of piperidine rings is 4. The molecule has 0 saturated carbocycles. The van der Waals surface area contributed by atoms with Crippen LogP contribution in [0.4, 0.5) is 0 Å². The Morgan fingerprint density at radius 3 is 1.48 bits per heavy atom. The minimum Gasteiger partial charge on any atom is -0.317 e. The lowest BCUT2D eigenvalue weighted by Gasteiger charge is -2.42. The second-order valence-corrected chi connectivity index (χ2v) is 26.3. The van der Waals surface area contributed by atoms with Crippen LogP contribution in [-0.2, 0) is 21.7 Å². The normalized spacial score (nSPS) is 25.5. The van der Waals surface area contributed by atoms with Crippen molar-refractivity contribution < 1.29 is 0 Å². The fraction of sp³-hybridized carbons (Fsp3) is 0.690. The quantitative estimate of drug-likeness (QED) is 0.186. The van der Waals surface area contributed by atoms with Crippen molar-refractivity contribution in [2.75, 3.05) is 65.4 Å². The average Bonchev–Trinajstić information content (AvgIpc) is 4.05. The van der Waals surface area contributed by atoms with Gasteiger partial charge in [0.15, 0.2) is 0 Å². The number of nitrogens with zero attached hydrogens (tertiary/aromatic N) is 5. The molecule has 6 aliphatic rings.